The van der Waals surface area contributed by atoms with E-state index in [0.717, 1.165) is 0 Å². The van der Waals surface area contributed by atoms with Crippen molar-refractivity contribution in [3.05, 3.63) is 12.4 Å². The Balaban J connectivity index is 6.07. The van der Waals surface area contributed by atoms with Crippen molar-refractivity contribution in [1.82, 2.24) is 0 Å². The molecule has 0 saturated heterocycles. The number of hydrogen-bond acceptors (Lipinski definition) is 3. The first-order valence-electron chi connectivity index (χ1n) is 5.68. The minimum atomic E-state index is -7.12. The smallest absolute Gasteiger partial charge is 0.390 e. The molecule has 0 bridgehead atoms. The minimum absolute atomic E-state index is 0.126. The van der Waals surface area contributed by atoms with Gasteiger partial charge >= 0.3 is 30.4 Å². The van der Waals surface area contributed by atoms with Crippen molar-refractivity contribution in [2.45, 2.75) is 49.6 Å². The Labute approximate surface area is 130 Å². The average molecular weight is 404 g/mol. The summed E-state index contributed by atoms with van der Waals surface area (Å²) in [6.07, 6.45) is -33.0. The molecular formula is C10H8F12O3. The number of ether oxygens (including phenoxy) is 2. The molecule has 3 atom stereocenters. The van der Waals surface area contributed by atoms with Gasteiger partial charge in [0.15, 0.2) is 11.9 Å². The molecule has 0 amide bonds. The van der Waals surface area contributed by atoms with E-state index in [9.17, 15) is 52.7 Å². The molecule has 0 radical (unpaired) electrons. The molecule has 0 aromatic heterocycles. The topological polar surface area (TPSA) is 38.7 Å². The van der Waals surface area contributed by atoms with Crippen LogP contribution in [0.1, 0.15) is 6.92 Å². The molecule has 0 rings (SSSR count). The summed E-state index contributed by atoms with van der Waals surface area (Å²) >= 11 is 0. The SMILES string of the molecule is C=C(F)C(F)(F)OC(F)(C(F)(F)F)C(F)(F)OC(C(C)O)C(F)(F)F. The zero-order chi connectivity index (χ0) is 20.6. The maximum atomic E-state index is 13.6. The second-order valence-electron chi connectivity index (χ2n) is 4.45. The third-order valence-corrected chi connectivity index (χ3v) is 2.36. The molecule has 1 N–H and O–H groups in total. The molecule has 150 valence electrons. The number of aliphatic hydroxyl groups excluding tert-OH is 1. The summed E-state index contributed by atoms with van der Waals surface area (Å²) in [5, 5.41) is 8.66. The van der Waals surface area contributed by atoms with Gasteiger partial charge in [-0.1, -0.05) is 6.58 Å². The van der Waals surface area contributed by atoms with Gasteiger partial charge in [0.2, 0.25) is 0 Å². The molecule has 15 heteroatoms. The number of alkyl halides is 11. The molecule has 0 saturated carbocycles. The van der Waals surface area contributed by atoms with E-state index in [1.165, 1.54) is 0 Å². The van der Waals surface area contributed by atoms with Crippen LogP contribution in [-0.2, 0) is 9.47 Å². The highest BCUT2D eigenvalue weighted by Gasteiger charge is 2.78. The van der Waals surface area contributed by atoms with Gasteiger partial charge in [-0.3, -0.25) is 9.47 Å². The summed E-state index contributed by atoms with van der Waals surface area (Å²) < 4.78 is 157. The second kappa shape index (κ2) is 6.83. The highest BCUT2D eigenvalue weighted by molar-refractivity contribution is 4.97. The van der Waals surface area contributed by atoms with E-state index in [2.05, 4.69) is 9.47 Å². The van der Waals surface area contributed by atoms with E-state index < -0.39 is 48.5 Å². The number of aliphatic hydroxyl groups is 1. The molecule has 0 aliphatic heterocycles. The minimum Gasteiger partial charge on any atom is -0.390 e. The first-order valence-corrected chi connectivity index (χ1v) is 5.68. The second-order valence-corrected chi connectivity index (χ2v) is 4.45. The first kappa shape index (κ1) is 23.8. The summed E-state index contributed by atoms with van der Waals surface area (Å²) in [6.45, 7) is 1.85. The lowest BCUT2D eigenvalue weighted by Gasteiger charge is -2.37. The maximum absolute atomic E-state index is 13.6. The van der Waals surface area contributed by atoms with Crippen molar-refractivity contribution in [3.63, 3.8) is 0 Å². The van der Waals surface area contributed by atoms with Crippen LogP contribution < -0.4 is 0 Å². The molecule has 0 aliphatic carbocycles. The average Bonchev–Trinajstić information content (AvgIpc) is 2.31. The Morgan fingerprint density at radius 2 is 1.32 bits per heavy atom. The van der Waals surface area contributed by atoms with Crippen molar-refractivity contribution in [3.8, 4) is 0 Å². The van der Waals surface area contributed by atoms with Gasteiger partial charge in [-0.25, -0.2) is 4.39 Å². The van der Waals surface area contributed by atoms with Crippen molar-refractivity contribution in [1.29, 1.82) is 0 Å². The summed E-state index contributed by atoms with van der Waals surface area (Å²) in [7, 11) is 0. The molecule has 0 fully saturated rings. The van der Waals surface area contributed by atoms with E-state index in [-0.39, 0.29) is 6.92 Å². The lowest BCUT2D eigenvalue weighted by atomic mass is 10.2. The zero-order valence-electron chi connectivity index (χ0n) is 11.7. The van der Waals surface area contributed by atoms with Crippen molar-refractivity contribution in [2.24, 2.45) is 0 Å². The molecule has 0 aromatic carbocycles. The third-order valence-electron chi connectivity index (χ3n) is 2.36. The Bertz CT molecular complexity index is 483. The van der Waals surface area contributed by atoms with Gasteiger partial charge in [0.1, 0.15) is 0 Å². The largest absolute Gasteiger partial charge is 0.458 e. The highest BCUT2D eigenvalue weighted by Crippen LogP contribution is 2.51. The third kappa shape index (κ3) is 5.13. The standard InChI is InChI=1S/C10H8F12O3/c1-3(23)5(6(12,13)14)24-10(21,22)8(17,9(18,19)20)25-7(15,16)4(2)11/h3,5,23H,2H2,1H3. The van der Waals surface area contributed by atoms with Gasteiger partial charge in [-0.05, 0) is 6.92 Å². The van der Waals surface area contributed by atoms with E-state index in [1.54, 1.807) is 6.58 Å². The Kier molecular flexibility index (Phi) is 6.50. The van der Waals surface area contributed by atoms with Crippen LogP contribution in [0, 0.1) is 0 Å². The van der Waals surface area contributed by atoms with Gasteiger partial charge in [0.05, 0.1) is 6.10 Å². The van der Waals surface area contributed by atoms with Crippen LogP contribution in [-0.4, -0.2) is 47.7 Å². The van der Waals surface area contributed by atoms with Crippen LogP contribution >= 0.6 is 0 Å². The van der Waals surface area contributed by atoms with Crippen LogP contribution in [0.5, 0.6) is 0 Å². The Morgan fingerprint density at radius 1 is 0.920 bits per heavy atom. The van der Waals surface area contributed by atoms with Crippen LogP contribution in [0.2, 0.25) is 0 Å². The van der Waals surface area contributed by atoms with Crippen LogP contribution in [0.25, 0.3) is 0 Å². The summed E-state index contributed by atoms with van der Waals surface area (Å²) in [4.78, 5) is 0. The lowest BCUT2D eigenvalue weighted by molar-refractivity contribution is -0.508. The fraction of sp³-hybridized carbons (Fsp3) is 0.800. The zero-order valence-corrected chi connectivity index (χ0v) is 11.7. The quantitative estimate of drug-likeness (QED) is 0.646. The predicted molar refractivity (Wildman–Crippen MR) is 53.7 cm³/mol. The number of rotatable bonds is 7. The fourth-order valence-electron chi connectivity index (χ4n) is 1.19. The molecule has 0 aromatic rings. The van der Waals surface area contributed by atoms with Gasteiger partial charge in [0.25, 0.3) is 0 Å². The monoisotopic (exact) mass is 404 g/mol. The van der Waals surface area contributed by atoms with Gasteiger partial charge < -0.3 is 5.11 Å². The predicted octanol–water partition coefficient (Wildman–Crippen LogP) is 4.23. The van der Waals surface area contributed by atoms with E-state index in [4.69, 9.17) is 5.11 Å². The molecule has 3 unspecified atom stereocenters. The summed E-state index contributed by atoms with van der Waals surface area (Å²) in [5.74, 6) is -10.1. The van der Waals surface area contributed by atoms with Crippen LogP contribution in [0.15, 0.2) is 12.4 Å². The van der Waals surface area contributed by atoms with Crippen molar-refractivity contribution < 1.29 is 67.3 Å². The number of halogens is 12. The van der Waals surface area contributed by atoms with Crippen molar-refractivity contribution >= 4 is 0 Å². The molecule has 0 spiro atoms. The molecule has 0 heterocycles. The number of hydrogen-bond donors (Lipinski definition) is 1. The fourth-order valence-corrected chi connectivity index (χ4v) is 1.19. The molecule has 0 aliphatic rings. The van der Waals surface area contributed by atoms with E-state index in [1.807, 2.05) is 0 Å². The Morgan fingerprint density at radius 3 is 1.56 bits per heavy atom. The maximum Gasteiger partial charge on any atom is 0.458 e. The van der Waals surface area contributed by atoms with Gasteiger partial charge in [0, 0.05) is 0 Å². The van der Waals surface area contributed by atoms with E-state index >= 15 is 0 Å². The van der Waals surface area contributed by atoms with Crippen LogP contribution in [0.3, 0.4) is 0 Å². The van der Waals surface area contributed by atoms with Crippen LogP contribution in [0.4, 0.5) is 52.7 Å². The lowest BCUT2D eigenvalue weighted by Crippen LogP contribution is -2.63. The molecular weight excluding hydrogens is 396 g/mol. The summed E-state index contributed by atoms with van der Waals surface area (Å²) in [5.41, 5.74) is 0. The summed E-state index contributed by atoms with van der Waals surface area (Å²) in [6, 6.07) is 0. The molecule has 3 nitrogen and oxygen atoms in total. The van der Waals surface area contributed by atoms with Crippen molar-refractivity contribution in [2.75, 3.05) is 0 Å². The van der Waals surface area contributed by atoms with Gasteiger partial charge in [-0.2, -0.15) is 48.3 Å². The normalized spacial score (nSPS) is 19.3. The van der Waals surface area contributed by atoms with E-state index in [0.29, 0.717) is 0 Å². The highest BCUT2D eigenvalue weighted by atomic mass is 19.4. The van der Waals surface area contributed by atoms with Gasteiger partial charge in [-0.15, -0.1) is 0 Å². The first-order chi connectivity index (χ1) is 10.7. The molecule has 25 heavy (non-hydrogen) atoms. The Hall–Kier alpha value is -1.22.